The highest BCUT2D eigenvalue weighted by molar-refractivity contribution is 5.79. The van der Waals surface area contributed by atoms with Gasteiger partial charge in [-0.1, -0.05) is 18.2 Å². The number of para-hydroxylation sites is 1. The number of methoxy groups -OCH3 is 1. The summed E-state index contributed by atoms with van der Waals surface area (Å²) in [6.45, 7) is 5.42. The summed E-state index contributed by atoms with van der Waals surface area (Å²) in [5.41, 5.74) is 1.12. The van der Waals surface area contributed by atoms with E-state index in [4.69, 9.17) is 4.74 Å². The van der Waals surface area contributed by atoms with Crippen LogP contribution in [0.5, 0.6) is 5.75 Å². The van der Waals surface area contributed by atoms with Gasteiger partial charge in [0.2, 0.25) is 5.91 Å². The minimum Gasteiger partial charge on any atom is -0.496 e. The van der Waals surface area contributed by atoms with E-state index in [1.54, 1.807) is 7.11 Å². The van der Waals surface area contributed by atoms with Crippen molar-refractivity contribution in [3.05, 3.63) is 29.8 Å². The second-order valence-corrected chi connectivity index (χ2v) is 5.74. The molecule has 0 radical (unpaired) electrons. The molecule has 1 aliphatic rings. The molecule has 4 nitrogen and oxygen atoms in total. The molecule has 1 fully saturated rings. The number of ether oxygens (including phenoxy) is 1. The molecule has 4 heteroatoms. The van der Waals surface area contributed by atoms with Gasteiger partial charge >= 0.3 is 0 Å². The normalized spacial score (nSPS) is 15.9. The topological polar surface area (TPSA) is 32.8 Å². The fourth-order valence-corrected chi connectivity index (χ4v) is 2.71. The first-order chi connectivity index (χ1) is 10.1. The molecular weight excluding hydrogens is 264 g/mol. The Morgan fingerprint density at radius 1 is 1.38 bits per heavy atom. The Bertz CT molecular complexity index is 485. The number of hydrogen-bond donors (Lipinski definition) is 0. The maximum atomic E-state index is 12.4. The van der Waals surface area contributed by atoms with E-state index < -0.39 is 0 Å². The Labute approximate surface area is 127 Å². The van der Waals surface area contributed by atoms with Crippen molar-refractivity contribution in [3.63, 3.8) is 0 Å². The lowest BCUT2D eigenvalue weighted by atomic mass is 10.1. The van der Waals surface area contributed by atoms with Gasteiger partial charge in [0.15, 0.2) is 0 Å². The molecule has 116 valence electrons. The molecule has 0 aromatic heterocycles. The van der Waals surface area contributed by atoms with Crippen molar-refractivity contribution in [1.82, 2.24) is 9.80 Å². The minimum absolute atomic E-state index is 0.142. The molecule has 0 bridgehead atoms. The van der Waals surface area contributed by atoms with Crippen LogP contribution >= 0.6 is 0 Å². The van der Waals surface area contributed by atoms with Crippen LogP contribution in [0.1, 0.15) is 38.3 Å². The number of carbonyl (C=O) groups is 1. The molecule has 2 rings (SSSR count). The fraction of sp³-hybridized carbons (Fsp3) is 0.588. The summed E-state index contributed by atoms with van der Waals surface area (Å²) in [7, 11) is 3.68. The van der Waals surface area contributed by atoms with Gasteiger partial charge in [-0.25, -0.2) is 0 Å². The number of hydrogen-bond acceptors (Lipinski definition) is 3. The Morgan fingerprint density at radius 2 is 2.05 bits per heavy atom. The molecule has 1 saturated carbocycles. The van der Waals surface area contributed by atoms with E-state index in [1.807, 2.05) is 30.1 Å². The van der Waals surface area contributed by atoms with Crippen LogP contribution in [0, 0.1) is 0 Å². The van der Waals surface area contributed by atoms with Crippen molar-refractivity contribution >= 4 is 5.91 Å². The number of likely N-dealkylation sites (N-methyl/N-ethyl adjacent to an activating group) is 2. The van der Waals surface area contributed by atoms with E-state index in [9.17, 15) is 4.79 Å². The van der Waals surface area contributed by atoms with Crippen LogP contribution in [0.2, 0.25) is 0 Å². The van der Waals surface area contributed by atoms with Crippen molar-refractivity contribution in [2.24, 2.45) is 0 Å². The average molecular weight is 290 g/mol. The van der Waals surface area contributed by atoms with Gasteiger partial charge in [-0.2, -0.15) is 0 Å². The van der Waals surface area contributed by atoms with Gasteiger partial charge in [0.05, 0.1) is 13.7 Å². The van der Waals surface area contributed by atoms with Gasteiger partial charge in [0, 0.05) is 24.2 Å². The summed E-state index contributed by atoms with van der Waals surface area (Å²) in [4.78, 5) is 16.5. The van der Waals surface area contributed by atoms with Gasteiger partial charge in [0.25, 0.3) is 0 Å². The zero-order valence-corrected chi connectivity index (χ0v) is 13.5. The first kappa shape index (κ1) is 15.8. The van der Waals surface area contributed by atoms with Crippen LogP contribution in [-0.4, -0.2) is 49.0 Å². The van der Waals surface area contributed by atoms with Crippen LogP contribution in [0.15, 0.2) is 24.3 Å². The van der Waals surface area contributed by atoms with Crippen LogP contribution in [0.4, 0.5) is 0 Å². The van der Waals surface area contributed by atoms with Gasteiger partial charge in [-0.05, 0) is 39.8 Å². The van der Waals surface area contributed by atoms with E-state index in [0.29, 0.717) is 12.6 Å². The minimum atomic E-state index is 0.142. The highest BCUT2D eigenvalue weighted by Crippen LogP contribution is 2.29. The number of amides is 1. The molecule has 0 saturated heterocycles. The SMILES string of the molecule is CCN(C(=O)CN(C)[C@H](C)c1ccccc1OC)C1CC1. The van der Waals surface area contributed by atoms with E-state index >= 15 is 0 Å². The second kappa shape index (κ2) is 6.94. The molecule has 1 aliphatic carbocycles. The zero-order chi connectivity index (χ0) is 15.4. The quantitative estimate of drug-likeness (QED) is 0.774. The molecule has 21 heavy (non-hydrogen) atoms. The molecule has 1 aromatic rings. The lowest BCUT2D eigenvalue weighted by Gasteiger charge is -2.29. The first-order valence-corrected chi connectivity index (χ1v) is 7.71. The third-order valence-corrected chi connectivity index (χ3v) is 4.28. The standard InChI is InChI=1S/C17H26N2O2/c1-5-19(14-10-11-14)17(20)12-18(3)13(2)15-8-6-7-9-16(15)21-4/h6-9,13-14H,5,10-12H2,1-4H3/t13-/m1/s1. The molecule has 1 amide bonds. The number of benzene rings is 1. The summed E-state index contributed by atoms with van der Waals surface area (Å²) in [6.07, 6.45) is 2.32. The van der Waals surface area contributed by atoms with Crippen molar-refractivity contribution in [2.75, 3.05) is 27.2 Å². The third kappa shape index (κ3) is 3.76. The summed E-state index contributed by atoms with van der Waals surface area (Å²) in [6, 6.07) is 8.62. The van der Waals surface area contributed by atoms with Crippen LogP contribution in [0.25, 0.3) is 0 Å². The zero-order valence-electron chi connectivity index (χ0n) is 13.5. The summed E-state index contributed by atoms with van der Waals surface area (Å²) >= 11 is 0. The van der Waals surface area contributed by atoms with Crippen molar-refractivity contribution < 1.29 is 9.53 Å². The summed E-state index contributed by atoms with van der Waals surface area (Å²) < 4.78 is 5.42. The molecule has 0 aliphatic heterocycles. The maximum absolute atomic E-state index is 12.4. The van der Waals surface area contributed by atoms with Gasteiger partial charge in [-0.15, -0.1) is 0 Å². The average Bonchev–Trinajstić information content (AvgIpc) is 3.31. The molecular formula is C17H26N2O2. The molecule has 0 N–H and O–H groups in total. The van der Waals surface area contributed by atoms with E-state index in [-0.39, 0.29) is 11.9 Å². The smallest absolute Gasteiger partial charge is 0.236 e. The Morgan fingerprint density at radius 3 is 2.62 bits per heavy atom. The fourth-order valence-electron chi connectivity index (χ4n) is 2.71. The van der Waals surface area contributed by atoms with Crippen LogP contribution in [-0.2, 0) is 4.79 Å². The number of nitrogens with zero attached hydrogens (tertiary/aromatic N) is 2. The Balaban J connectivity index is 2.01. The Hall–Kier alpha value is -1.55. The lowest BCUT2D eigenvalue weighted by Crippen LogP contribution is -2.40. The van der Waals surface area contributed by atoms with Gasteiger partial charge in [-0.3, -0.25) is 9.69 Å². The third-order valence-electron chi connectivity index (χ3n) is 4.28. The highest BCUT2D eigenvalue weighted by atomic mass is 16.5. The molecule has 1 atom stereocenters. The molecule has 0 heterocycles. The van der Waals surface area contributed by atoms with Crippen molar-refractivity contribution in [2.45, 2.75) is 38.8 Å². The monoisotopic (exact) mass is 290 g/mol. The first-order valence-electron chi connectivity index (χ1n) is 7.71. The van der Waals surface area contributed by atoms with Crippen molar-refractivity contribution in [1.29, 1.82) is 0 Å². The van der Waals surface area contributed by atoms with E-state index in [2.05, 4.69) is 24.8 Å². The largest absolute Gasteiger partial charge is 0.496 e. The van der Waals surface area contributed by atoms with Crippen LogP contribution < -0.4 is 4.74 Å². The van der Waals surface area contributed by atoms with Gasteiger partial charge < -0.3 is 9.64 Å². The molecule has 0 spiro atoms. The maximum Gasteiger partial charge on any atom is 0.236 e. The predicted molar refractivity (Wildman–Crippen MR) is 84.4 cm³/mol. The van der Waals surface area contributed by atoms with Crippen LogP contribution in [0.3, 0.4) is 0 Å². The molecule has 0 unspecified atom stereocenters. The summed E-state index contributed by atoms with van der Waals surface area (Å²) in [5, 5.41) is 0. The Kier molecular flexibility index (Phi) is 5.23. The predicted octanol–water partition coefficient (Wildman–Crippen LogP) is 2.70. The van der Waals surface area contributed by atoms with E-state index in [0.717, 1.165) is 30.7 Å². The van der Waals surface area contributed by atoms with E-state index in [1.165, 1.54) is 0 Å². The molecule has 1 aromatic carbocycles. The van der Waals surface area contributed by atoms with Gasteiger partial charge in [0.1, 0.15) is 5.75 Å². The number of carbonyl (C=O) groups excluding carboxylic acids is 1. The summed E-state index contributed by atoms with van der Waals surface area (Å²) in [5.74, 6) is 1.10. The van der Waals surface area contributed by atoms with Crippen molar-refractivity contribution in [3.8, 4) is 5.75 Å². The second-order valence-electron chi connectivity index (χ2n) is 5.74. The number of rotatable bonds is 7. The highest BCUT2D eigenvalue weighted by Gasteiger charge is 2.32. The lowest BCUT2D eigenvalue weighted by molar-refractivity contribution is -0.133.